The van der Waals surface area contributed by atoms with Crippen LogP contribution >= 0.6 is 0 Å². The minimum absolute atomic E-state index is 0.0563. The van der Waals surface area contributed by atoms with Crippen molar-refractivity contribution >= 4 is 5.97 Å². The van der Waals surface area contributed by atoms with Crippen LogP contribution in [0.3, 0.4) is 0 Å². The van der Waals surface area contributed by atoms with E-state index >= 15 is 0 Å². The lowest BCUT2D eigenvalue weighted by molar-refractivity contribution is -0.138. The summed E-state index contributed by atoms with van der Waals surface area (Å²) < 4.78 is 5.28. The third-order valence-corrected chi connectivity index (χ3v) is 9.00. The number of hydrogen-bond donors (Lipinski definition) is 0. The topological polar surface area (TPSA) is 26.3 Å². The standard InChI is InChI=1S/C40H78O2/c1-3-5-7-9-11-13-15-17-19-21-22-23-24-26-28-30-32-34-36-38-40(41)42-39-37-35-33-31-29-27-25-20-18-16-14-12-10-8-6-4-2/h37,39H,3-36,38H2,1-2H3. The van der Waals surface area contributed by atoms with Crippen molar-refractivity contribution in [2.24, 2.45) is 0 Å². The van der Waals surface area contributed by atoms with E-state index in [1.807, 2.05) is 6.08 Å². The maximum Gasteiger partial charge on any atom is 0.310 e. The van der Waals surface area contributed by atoms with E-state index in [4.69, 9.17) is 4.74 Å². The monoisotopic (exact) mass is 591 g/mol. The van der Waals surface area contributed by atoms with Gasteiger partial charge in [0.05, 0.1) is 6.26 Å². The molecule has 0 aliphatic rings. The summed E-state index contributed by atoms with van der Waals surface area (Å²) in [6, 6.07) is 0. The van der Waals surface area contributed by atoms with Crippen molar-refractivity contribution in [3.05, 3.63) is 12.3 Å². The van der Waals surface area contributed by atoms with Crippen molar-refractivity contribution in [2.75, 3.05) is 0 Å². The summed E-state index contributed by atoms with van der Waals surface area (Å²) in [6.45, 7) is 4.58. The molecule has 0 saturated carbocycles. The minimum atomic E-state index is -0.0563. The van der Waals surface area contributed by atoms with Gasteiger partial charge in [-0.05, 0) is 25.3 Å². The van der Waals surface area contributed by atoms with E-state index in [1.165, 1.54) is 199 Å². The molecule has 42 heavy (non-hydrogen) atoms. The van der Waals surface area contributed by atoms with Crippen LogP contribution in [0, 0.1) is 0 Å². The van der Waals surface area contributed by atoms with Crippen LogP contribution in [-0.2, 0) is 9.53 Å². The molecule has 0 bridgehead atoms. The van der Waals surface area contributed by atoms with Crippen molar-refractivity contribution in [2.45, 2.75) is 239 Å². The van der Waals surface area contributed by atoms with Crippen LogP contribution in [0.25, 0.3) is 0 Å². The molecule has 0 saturated heterocycles. The van der Waals surface area contributed by atoms with Crippen molar-refractivity contribution in [3.63, 3.8) is 0 Å². The lowest BCUT2D eigenvalue weighted by atomic mass is 10.0. The number of carbonyl (C=O) groups excluding carboxylic acids is 1. The molecular weight excluding hydrogens is 512 g/mol. The second-order valence-electron chi connectivity index (χ2n) is 13.4. The molecule has 0 fully saturated rings. The van der Waals surface area contributed by atoms with Gasteiger partial charge < -0.3 is 4.74 Å². The van der Waals surface area contributed by atoms with E-state index in [0.717, 1.165) is 19.3 Å². The van der Waals surface area contributed by atoms with E-state index in [2.05, 4.69) is 13.8 Å². The Morgan fingerprint density at radius 2 is 0.643 bits per heavy atom. The highest BCUT2D eigenvalue weighted by molar-refractivity contribution is 5.69. The minimum Gasteiger partial charge on any atom is -0.435 e. The predicted molar refractivity (Wildman–Crippen MR) is 188 cm³/mol. The SMILES string of the molecule is CCCCCCCCCCCCCCCCC=COC(=O)CCCCCCCCCCCCCCCCCCCCC. The molecule has 0 unspecified atom stereocenters. The lowest BCUT2D eigenvalue weighted by Crippen LogP contribution is -1.98. The number of esters is 1. The molecular formula is C40H78O2. The Hall–Kier alpha value is -0.790. The van der Waals surface area contributed by atoms with Gasteiger partial charge in [-0.15, -0.1) is 0 Å². The summed E-state index contributed by atoms with van der Waals surface area (Å²) in [6.07, 6.45) is 50.9. The average molecular weight is 591 g/mol. The normalized spacial score (nSPS) is 11.6. The van der Waals surface area contributed by atoms with Gasteiger partial charge in [0.25, 0.3) is 0 Å². The Balaban J connectivity index is 3.20. The van der Waals surface area contributed by atoms with Gasteiger partial charge in [0.1, 0.15) is 0 Å². The summed E-state index contributed by atoms with van der Waals surface area (Å²) in [5.41, 5.74) is 0. The van der Waals surface area contributed by atoms with E-state index in [-0.39, 0.29) is 5.97 Å². The van der Waals surface area contributed by atoms with Crippen LogP contribution in [0.1, 0.15) is 239 Å². The highest BCUT2D eigenvalue weighted by atomic mass is 16.5. The summed E-state index contributed by atoms with van der Waals surface area (Å²) >= 11 is 0. The van der Waals surface area contributed by atoms with Crippen LogP contribution in [0.4, 0.5) is 0 Å². The van der Waals surface area contributed by atoms with E-state index in [0.29, 0.717) is 6.42 Å². The van der Waals surface area contributed by atoms with Crippen LogP contribution in [0.15, 0.2) is 12.3 Å². The fourth-order valence-electron chi connectivity index (χ4n) is 6.06. The molecule has 0 aromatic rings. The molecule has 0 radical (unpaired) electrons. The molecule has 0 amide bonds. The van der Waals surface area contributed by atoms with Crippen molar-refractivity contribution in [3.8, 4) is 0 Å². The molecule has 0 rings (SSSR count). The Kier molecular flexibility index (Phi) is 37.5. The molecule has 2 heteroatoms. The molecule has 0 atom stereocenters. The van der Waals surface area contributed by atoms with E-state index in [9.17, 15) is 4.79 Å². The number of allylic oxidation sites excluding steroid dienone is 1. The first-order chi connectivity index (χ1) is 20.8. The molecule has 250 valence electrons. The Morgan fingerprint density at radius 1 is 0.381 bits per heavy atom. The van der Waals surface area contributed by atoms with Gasteiger partial charge in [0.15, 0.2) is 0 Å². The molecule has 0 aliphatic heterocycles. The summed E-state index contributed by atoms with van der Waals surface area (Å²) in [5, 5.41) is 0. The number of ether oxygens (including phenoxy) is 1. The van der Waals surface area contributed by atoms with Crippen LogP contribution in [0.2, 0.25) is 0 Å². The third kappa shape index (κ3) is 37.2. The van der Waals surface area contributed by atoms with Crippen LogP contribution in [-0.4, -0.2) is 5.97 Å². The average Bonchev–Trinajstić information content (AvgIpc) is 3.00. The molecule has 0 aromatic carbocycles. The summed E-state index contributed by atoms with van der Waals surface area (Å²) in [4.78, 5) is 11.9. The first-order valence-electron chi connectivity index (χ1n) is 19.7. The van der Waals surface area contributed by atoms with Crippen molar-refractivity contribution < 1.29 is 9.53 Å². The Labute approximate surface area is 266 Å². The van der Waals surface area contributed by atoms with Crippen LogP contribution in [0.5, 0.6) is 0 Å². The second kappa shape index (κ2) is 38.2. The van der Waals surface area contributed by atoms with Gasteiger partial charge in [-0.3, -0.25) is 4.79 Å². The lowest BCUT2D eigenvalue weighted by Gasteiger charge is -2.04. The largest absolute Gasteiger partial charge is 0.435 e. The zero-order valence-electron chi connectivity index (χ0n) is 29.2. The summed E-state index contributed by atoms with van der Waals surface area (Å²) in [7, 11) is 0. The van der Waals surface area contributed by atoms with E-state index in [1.54, 1.807) is 6.26 Å². The van der Waals surface area contributed by atoms with Gasteiger partial charge in [0.2, 0.25) is 0 Å². The predicted octanol–water partition coefficient (Wildman–Crippen LogP) is 14.7. The Bertz CT molecular complexity index is 526. The molecule has 0 heterocycles. The van der Waals surface area contributed by atoms with Gasteiger partial charge >= 0.3 is 5.97 Å². The highest BCUT2D eigenvalue weighted by Crippen LogP contribution is 2.16. The smallest absolute Gasteiger partial charge is 0.310 e. The molecule has 0 aliphatic carbocycles. The quantitative estimate of drug-likeness (QED) is 0.0412. The third-order valence-electron chi connectivity index (χ3n) is 9.00. The van der Waals surface area contributed by atoms with Crippen LogP contribution < -0.4 is 0 Å². The summed E-state index contributed by atoms with van der Waals surface area (Å²) in [5.74, 6) is -0.0563. The molecule has 0 aromatic heterocycles. The second-order valence-corrected chi connectivity index (χ2v) is 13.4. The fourth-order valence-corrected chi connectivity index (χ4v) is 6.06. The maximum absolute atomic E-state index is 11.9. The number of rotatable bonds is 36. The van der Waals surface area contributed by atoms with Gasteiger partial charge in [-0.25, -0.2) is 0 Å². The first-order valence-corrected chi connectivity index (χ1v) is 19.7. The van der Waals surface area contributed by atoms with Gasteiger partial charge in [-0.2, -0.15) is 0 Å². The van der Waals surface area contributed by atoms with Gasteiger partial charge in [0, 0.05) is 6.42 Å². The maximum atomic E-state index is 11.9. The van der Waals surface area contributed by atoms with Crippen molar-refractivity contribution in [1.29, 1.82) is 0 Å². The zero-order chi connectivity index (χ0) is 30.4. The zero-order valence-corrected chi connectivity index (χ0v) is 29.2. The van der Waals surface area contributed by atoms with Gasteiger partial charge in [-0.1, -0.05) is 213 Å². The first kappa shape index (κ1) is 41.2. The number of unbranched alkanes of at least 4 members (excludes halogenated alkanes) is 32. The number of carbonyl (C=O) groups is 1. The van der Waals surface area contributed by atoms with E-state index < -0.39 is 0 Å². The fraction of sp³-hybridized carbons (Fsp3) is 0.925. The highest BCUT2D eigenvalue weighted by Gasteiger charge is 2.01. The Morgan fingerprint density at radius 3 is 0.952 bits per heavy atom. The molecule has 2 nitrogen and oxygen atoms in total. The number of hydrogen-bond acceptors (Lipinski definition) is 2. The van der Waals surface area contributed by atoms with Crippen molar-refractivity contribution in [1.82, 2.24) is 0 Å². The molecule has 0 N–H and O–H groups in total. The molecule has 0 spiro atoms.